The fraction of sp³-hybridized carbons (Fsp3) is 0.250. The van der Waals surface area contributed by atoms with E-state index in [-0.39, 0.29) is 9.96 Å². The number of nitro groups is 1. The van der Waals surface area contributed by atoms with Crippen molar-refractivity contribution in [3.05, 3.63) is 45.9 Å². The molecule has 1 aromatic carbocycles. The normalized spacial score (nSPS) is 18.5. The maximum atomic E-state index is 13.5. The molecule has 0 aliphatic carbocycles. The van der Waals surface area contributed by atoms with E-state index >= 15 is 0 Å². The van der Waals surface area contributed by atoms with Gasteiger partial charge in [-0.25, -0.2) is 4.79 Å². The highest BCUT2D eigenvalue weighted by Crippen LogP contribution is 2.32. The van der Waals surface area contributed by atoms with E-state index in [1.165, 1.54) is 0 Å². The minimum absolute atomic E-state index is 0.163. The van der Waals surface area contributed by atoms with Crippen molar-refractivity contribution in [2.24, 2.45) is 0 Å². The van der Waals surface area contributed by atoms with Crippen molar-refractivity contribution in [1.82, 2.24) is 9.96 Å². The first-order chi connectivity index (χ1) is 11.0. The van der Waals surface area contributed by atoms with E-state index in [4.69, 9.17) is 4.84 Å². The SMILES string of the molecule is CN1C(=O)N(Oc2ccc([N+](=O)[O-])c(F)c2)C(O)C=C1C(F)(F)F. The number of alkyl halides is 3. The minimum Gasteiger partial charge on any atom is -0.372 e. The number of benzene rings is 1. The molecule has 1 N–H and O–H groups in total. The molecule has 0 spiro atoms. The van der Waals surface area contributed by atoms with Gasteiger partial charge in [0.1, 0.15) is 5.70 Å². The number of carbonyl (C=O) groups excluding carboxylic acids is 1. The van der Waals surface area contributed by atoms with Crippen LogP contribution in [0.1, 0.15) is 0 Å². The monoisotopic (exact) mass is 351 g/mol. The van der Waals surface area contributed by atoms with E-state index in [1.54, 1.807) is 0 Å². The Morgan fingerprint density at radius 3 is 2.50 bits per heavy atom. The third-order valence-electron chi connectivity index (χ3n) is 2.99. The van der Waals surface area contributed by atoms with Gasteiger partial charge in [-0.1, -0.05) is 0 Å². The second-order valence-corrected chi connectivity index (χ2v) is 4.59. The third-order valence-corrected chi connectivity index (χ3v) is 2.99. The molecule has 1 aromatic rings. The molecule has 1 aliphatic heterocycles. The lowest BCUT2D eigenvalue weighted by Crippen LogP contribution is -2.53. The largest absolute Gasteiger partial charge is 0.431 e. The molecular weight excluding hydrogens is 342 g/mol. The summed E-state index contributed by atoms with van der Waals surface area (Å²) in [7, 11) is 0.806. The quantitative estimate of drug-likeness (QED) is 0.511. The summed E-state index contributed by atoms with van der Waals surface area (Å²) in [6.45, 7) is 0. The van der Waals surface area contributed by atoms with Gasteiger partial charge in [0.2, 0.25) is 5.82 Å². The van der Waals surface area contributed by atoms with Crippen molar-refractivity contribution in [1.29, 1.82) is 0 Å². The van der Waals surface area contributed by atoms with Gasteiger partial charge in [0, 0.05) is 19.2 Å². The lowest BCUT2D eigenvalue weighted by molar-refractivity contribution is -0.387. The Balaban J connectivity index is 2.28. The molecule has 2 amide bonds. The topological polar surface area (TPSA) is 96.2 Å². The number of rotatable bonds is 3. The van der Waals surface area contributed by atoms with Crippen LogP contribution in [-0.2, 0) is 0 Å². The molecule has 1 atom stereocenters. The van der Waals surface area contributed by atoms with Crippen molar-refractivity contribution < 1.29 is 37.2 Å². The summed E-state index contributed by atoms with van der Waals surface area (Å²) in [5.41, 5.74) is -2.25. The first kappa shape index (κ1) is 17.5. The van der Waals surface area contributed by atoms with Gasteiger partial charge in [-0.2, -0.15) is 17.6 Å². The predicted molar refractivity (Wildman–Crippen MR) is 68.8 cm³/mol. The van der Waals surface area contributed by atoms with E-state index in [2.05, 4.69) is 0 Å². The van der Waals surface area contributed by atoms with Crippen LogP contribution in [0.3, 0.4) is 0 Å². The van der Waals surface area contributed by atoms with Crippen LogP contribution in [0.2, 0.25) is 0 Å². The van der Waals surface area contributed by atoms with E-state index in [0.29, 0.717) is 12.1 Å². The molecule has 1 unspecified atom stereocenters. The molecule has 0 saturated heterocycles. The second kappa shape index (κ2) is 5.96. The number of aliphatic hydroxyl groups excluding tert-OH is 1. The fourth-order valence-electron chi connectivity index (χ4n) is 1.87. The number of hydroxylamine groups is 2. The molecule has 8 nitrogen and oxygen atoms in total. The number of aliphatic hydroxyl groups is 1. The van der Waals surface area contributed by atoms with E-state index in [9.17, 15) is 37.6 Å². The lowest BCUT2D eigenvalue weighted by atomic mass is 10.2. The number of allylic oxidation sites excluding steroid dienone is 1. The van der Waals surface area contributed by atoms with Gasteiger partial charge in [0.25, 0.3) is 0 Å². The summed E-state index contributed by atoms with van der Waals surface area (Å²) in [5.74, 6) is -1.71. The van der Waals surface area contributed by atoms with Gasteiger partial charge in [-0.15, -0.1) is 5.06 Å². The second-order valence-electron chi connectivity index (χ2n) is 4.59. The smallest absolute Gasteiger partial charge is 0.372 e. The molecule has 0 saturated carbocycles. The molecule has 0 fully saturated rings. The predicted octanol–water partition coefficient (Wildman–Crippen LogP) is 2.16. The minimum atomic E-state index is -4.88. The van der Waals surface area contributed by atoms with Gasteiger partial charge in [-0.05, 0) is 12.1 Å². The zero-order valence-electron chi connectivity index (χ0n) is 11.8. The highest BCUT2D eigenvalue weighted by Gasteiger charge is 2.45. The third kappa shape index (κ3) is 3.22. The number of hydrogen-bond donors (Lipinski definition) is 1. The number of nitrogens with zero attached hydrogens (tertiary/aromatic N) is 3. The number of amides is 2. The first-order valence-corrected chi connectivity index (χ1v) is 6.18. The van der Waals surface area contributed by atoms with Crippen molar-refractivity contribution in [2.75, 3.05) is 7.05 Å². The van der Waals surface area contributed by atoms with Gasteiger partial charge in [-0.3, -0.25) is 15.0 Å². The Bertz CT molecular complexity index is 721. The summed E-state index contributed by atoms with van der Waals surface area (Å²) in [5, 5.41) is 20.3. The summed E-state index contributed by atoms with van der Waals surface area (Å²) < 4.78 is 51.6. The molecule has 24 heavy (non-hydrogen) atoms. The molecule has 0 bridgehead atoms. The van der Waals surface area contributed by atoms with Crippen LogP contribution in [0, 0.1) is 15.9 Å². The van der Waals surface area contributed by atoms with Crippen LogP contribution in [0.5, 0.6) is 5.75 Å². The van der Waals surface area contributed by atoms with Gasteiger partial charge < -0.3 is 9.94 Å². The molecule has 2 rings (SSSR count). The fourth-order valence-corrected chi connectivity index (χ4v) is 1.87. The number of hydrogen-bond acceptors (Lipinski definition) is 5. The average molecular weight is 351 g/mol. The van der Waals surface area contributed by atoms with Gasteiger partial charge >= 0.3 is 17.9 Å². The Morgan fingerprint density at radius 2 is 2.00 bits per heavy atom. The highest BCUT2D eigenvalue weighted by molar-refractivity contribution is 5.77. The number of carbonyl (C=O) groups is 1. The molecule has 1 heterocycles. The summed E-state index contributed by atoms with van der Waals surface area (Å²) in [4.78, 5) is 26.4. The van der Waals surface area contributed by atoms with Crippen molar-refractivity contribution in [2.45, 2.75) is 12.4 Å². The van der Waals surface area contributed by atoms with Gasteiger partial charge in [0.15, 0.2) is 12.0 Å². The lowest BCUT2D eigenvalue weighted by Gasteiger charge is -2.35. The summed E-state index contributed by atoms with van der Waals surface area (Å²) in [6, 6.07) is 0.855. The molecule has 1 aliphatic rings. The van der Waals surface area contributed by atoms with Crippen LogP contribution in [-0.4, -0.2) is 45.5 Å². The summed E-state index contributed by atoms with van der Waals surface area (Å²) >= 11 is 0. The molecule has 0 radical (unpaired) electrons. The van der Waals surface area contributed by atoms with E-state index < -0.39 is 46.3 Å². The van der Waals surface area contributed by atoms with Crippen LogP contribution >= 0.6 is 0 Å². The maximum Gasteiger partial charge on any atom is 0.431 e. The molecule has 0 aromatic heterocycles. The molecule has 12 heteroatoms. The van der Waals surface area contributed by atoms with E-state index in [1.807, 2.05) is 0 Å². The highest BCUT2D eigenvalue weighted by atomic mass is 19.4. The van der Waals surface area contributed by atoms with Crippen LogP contribution in [0.4, 0.5) is 28.0 Å². The van der Waals surface area contributed by atoms with Crippen LogP contribution < -0.4 is 4.84 Å². The Kier molecular flexibility index (Phi) is 4.34. The maximum absolute atomic E-state index is 13.5. The first-order valence-electron chi connectivity index (χ1n) is 6.18. The zero-order valence-corrected chi connectivity index (χ0v) is 11.8. The Hall–Kier alpha value is -2.89. The zero-order chi connectivity index (χ0) is 18.2. The number of halogens is 4. The molecule has 130 valence electrons. The number of nitro benzene ring substituents is 1. The Morgan fingerprint density at radius 1 is 1.38 bits per heavy atom. The Labute approximate surface area is 131 Å². The summed E-state index contributed by atoms with van der Waals surface area (Å²) in [6.07, 6.45) is -6.65. The number of urea groups is 1. The standard InChI is InChI=1S/C12H9F4N3O5/c1-17-9(12(14,15)16)5-10(20)18(11(17)21)24-6-2-3-8(19(22)23)7(13)4-6/h2-5,10,20H,1H3. The van der Waals surface area contributed by atoms with Crippen molar-refractivity contribution in [3.8, 4) is 5.75 Å². The van der Waals surface area contributed by atoms with Gasteiger partial charge in [0.05, 0.1) is 4.92 Å². The van der Waals surface area contributed by atoms with Crippen molar-refractivity contribution >= 4 is 11.7 Å². The molecular formula is C12H9F4N3O5. The van der Waals surface area contributed by atoms with Crippen LogP contribution in [0.25, 0.3) is 0 Å². The average Bonchev–Trinajstić information content (AvgIpc) is 2.45. The van der Waals surface area contributed by atoms with Crippen LogP contribution in [0.15, 0.2) is 30.0 Å². The van der Waals surface area contributed by atoms with Crippen molar-refractivity contribution in [3.63, 3.8) is 0 Å². The van der Waals surface area contributed by atoms with E-state index in [0.717, 1.165) is 19.2 Å².